The zero-order chi connectivity index (χ0) is 15.2. The summed E-state index contributed by atoms with van der Waals surface area (Å²) < 4.78 is 4.80. The van der Waals surface area contributed by atoms with Gasteiger partial charge in [-0.05, 0) is 0 Å². The summed E-state index contributed by atoms with van der Waals surface area (Å²) in [5, 5.41) is 16.2. The Bertz CT molecular complexity index is 475. The number of nitrogen functional groups attached to an aromatic ring is 1. The van der Waals surface area contributed by atoms with E-state index in [9.17, 15) is 9.90 Å². The minimum absolute atomic E-state index is 0.118. The Morgan fingerprint density at radius 3 is 3.00 bits per heavy atom. The lowest BCUT2D eigenvalue weighted by Gasteiger charge is -2.26. The number of hydrogen-bond donors (Lipinski definition) is 4. The molecule has 1 fully saturated rings. The highest BCUT2D eigenvalue weighted by atomic mass is 32.1. The van der Waals surface area contributed by atoms with Gasteiger partial charge in [0.1, 0.15) is 10.7 Å². The second-order valence-corrected chi connectivity index (χ2v) is 5.74. The number of hydrogen-bond acceptors (Lipinski definition) is 8. The van der Waals surface area contributed by atoms with E-state index >= 15 is 0 Å². The minimum Gasteiger partial charge on any atom is -0.389 e. The number of carbonyl (C=O) groups is 1. The molecule has 1 aromatic heterocycles. The van der Waals surface area contributed by atoms with Crippen LogP contribution < -0.4 is 21.3 Å². The van der Waals surface area contributed by atoms with Crippen LogP contribution in [0.2, 0.25) is 0 Å². The molecule has 0 bridgehead atoms. The summed E-state index contributed by atoms with van der Waals surface area (Å²) in [6, 6.07) is 0. The third-order valence-corrected chi connectivity index (χ3v) is 4.22. The smallest absolute Gasteiger partial charge is 0.265 e. The van der Waals surface area contributed by atoms with Crippen molar-refractivity contribution in [2.75, 3.05) is 57.1 Å². The molecule has 5 N–H and O–H groups in total. The molecule has 0 aromatic carbocycles. The summed E-state index contributed by atoms with van der Waals surface area (Å²) in [5.41, 5.74) is 5.82. The molecule has 1 amide bonds. The Balaban J connectivity index is 1.96. The van der Waals surface area contributed by atoms with E-state index in [4.69, 9.17) is 10.5 Å². The average Bonchev–Trinajstić information content (AvgIpc) is 2.88. The number of nitrogens with zero attached hydrogens (tertiary/aromatic N) is 2. The number of piperazine rings is 1. The largest absolute Gasteiger partial charge is 0.389 e. The molecule has 0 spiro atoms. The number of aliphatic hydroxyl groups is 1. The number of aromatic nitrogens is 1. The second-order valence-electron chi connectivity index (χ2n) is 4.77. The molecule has 1 aliphatic rings. The maximum Gasteiger partial charge on any atom is 0.265 e. The third kappa shape index (κ3) is 4.27. The monoisotopic (exact) mass is 315 g/mol. The number of methoxy groups -OCH3 is 1. The summed E-state index contributed by atoms with van der Waals surface area (Å²) in [6.45, 7) is 3.77. The van der Waals surface area contributed by atoms with Crippen molar-refractivity contribution in [1.29, 1.82) is 0 Å². The van der Waals surface area contributed by atoms with Crippen molar-refractivity contribution in [3.63, 3.8) is 0 Å². The molecule has 0 saturated carbocycles. The van der Waals surface area contributed by atoms with Crippen molar-refractivity contribution in [2.24, 2.45) is 0 Å². The number of nitrogens with one attached hydrogen (secondary N) is 2. The molecule has 2 heterocycles. The van der Waals surface area contributed by atoms with E-state index in [-0.39, 0.29) is 24.9 Å². The molecule has 1 saturated heterocycles. The van der Waals surface area contributed by atoms with Gasteiger partial charge in [0.25, 0.3) is 5.91 Å². The number of rotatable bonds is 6. The van der Waals surface area contributed by atoms with Crippen LogP contribution in [0.25, 0.3) is 0 Å². The lowest BCUT2D eigenvalue weighted by Crippen LogP contribution is -2.43. The Morgan fingerprint density at radius 1 is 1.62 bits per heavy atom. The van der Waals surface area contributed by atoms with Crippen LogP contribution in [0.1, 0.15) is 9.67 Å². The Morgan fingerprint density at radius 2 is 2.33 bits per heavy atom. The number of aliphatic hydroxyl groups excluding tert-OH is 1. The first-order valence-electron chi connectivity index (χ1n) is 6.79. The van der Waals surface area contributed by atoms with Crippen molar-refractivity contribution < 1.29 is 14.6 Å². The van der Waals surface area contributed by atoms with Gasteiger partial charge in [0.2, 0.25) is 0 Å². The predicted molar refractivity (Wildman–Crippen MR) is 81.8 cm³/mol. The number of amides is 1. The number of anilines is 2. The molecule has 2 rings (SSSR count). The zero-order valence-electron chi connectivity index (χ0n) is 12.0. The quantitative estimate of drug-likeness (QED) is 0.525. The van der Waals surface area contributed by atoms with Gasteiger partial charge in [-0.1, -0.05) is 11.3 Å². The van der Waals surface area contributed by atoms with Gasteiger partial charge in [0, 0.05) is 39.8 Å². The van der Waals surface area contributed by atoms with Crippen LogP contribution in [-0.2, 0) is 4.74 Å². The van der Waals surface area contributed by atoms with Gasteiger partial charge in [-0.3, -0.25) is 4.79 Å². The van der Waals surface area contributed by atoms with E-state index in [1.807, 2.05) is 0 Å². The van der Waals surface area contributed by atoms with Crippen LogP contribution in [0.3, 0.4) is 0 Å². The SMILES string of the molecule is COCC(O)CNC(=O)c1sc(N2CCNCC2)nc1N. The summed E-state index contributed by atoms with van der Waals surface area (Å²) in [5.74, 6) is -0.0891. The molecular formula is C12H21N5O3S. The van der Waals surface area contributed by atoms with Crippen LogP contribution in [0.4, 0.5) is 10.9 Å². The van der Waals surface area contributed by atoms with Gasteiger partial charge in [-0.25, -0.2) is 4.98 Å². The predicted octanol–water partition coefficient (Wildman–Crippen LogP) is -1.13. The van der Waals surface area contributed by atoms with Gasteiger partial charge < -0.3 is 31.1 Å². The minimum atomic E-state index is -0.735. The molecule has 118 valence electrons. The number of ether oxygens (including phenoxy) is 1. The Hall–Kier alpha value is -1.42. The fourth-order valence-electron chi connectivity index (χ4n) is 2.02. The third-order valence-electron chi connectivity index (χ3n) is 3.09. The van der Waals surface area contributed by atoms with Crippen molar-refractivity contribution in [2.45, 2.75) is 6.10 Å². The maximum atomic E-state index is 12.1. The molecule has 21 heavy (non-hydrogen) atoms. The standard InChI is InChI=1S/C12H21N5O3S/c1-20-7-8(18)6-15-11(19)9-10(13)16-12(21-9)17-4-2-14-3-5-17/h8,14,18H,2-7,13H2,1H3,(H,15,19). The van der Waals surface area contributed by atoms with E-state index in [0.717, 1.165) is 31.3 Å². The summed E-state index contributed by atoms with van der Waals surface area (Å²) in [6.07, 6.45) is -0.735. The van der Waals surface area contributed by atoms with Crippen LogP contribution in [-0.4, -0.2) is 68.5 Å². The van der Waals surface area contributed by atoms with E-state index in [1.165, 1.54) is 18.4 Å². The lowest BCUT2D eigenvalue weighted by atomic mass is 10.3. The Kier molecular flexibility index (Phi) is 5.74. The van der Waals surface area contributed by atoms with Gasteiger partial charge in [0.05, 0.1) is 12.7 Å². The highest BCUT2D eigenvalue weighted by molar-refractivity contribution is 7.18. The first kappa shape index (κ1) is 16.0. The van der Waals surface area contributed by atoms with Crippen LogP contribution in [0, 0.1) is 0 Å². The van der Waals surface area contributed by atoms with Crippen LogP contribution in [0.5, 0.6) is 0 Å². The van der Waals surface area contributed by atoms with Crippen LogP contribution >= 0.6 is 11.3 Å². The van der Waals surface area contributed by atoms with Crippen molar-refractivity contribution in [3.8, 4) is 0 Å². The maximum absolute atomic E-state index is 12.1. The first-order valence-corrected chi connectivity index (χ1v) is 7.60. The fraction of sp³-hybridized carbons (Fsp3) is 0.667. The molecule has 8 nitrogen and oxygen atoms in total. The van der Waals surface area contributed by atoms with Gasteiger partial charge >= 0.3 is 0 Å². The van der Waals surface area contributed by atoms with Gasteiger partial charge in [-0.2, -0.15) is 0 Å². The first-order chi connectivity index (χ1) is 10.1. The molecular weight excluding hydrogens is 294 g/mol. The highest BCUT2D eigenvalue weighted by Gasteiger charge is 2.21. The van der Waals surface area contributed by atoms with E-state index in [0.29, 0.717) is 4.88 Å². The van der Waals surface area contributed by atoms with E-state index in [2.05, 4.69) is 20.5 Å². The van der Waals surface area contributed by atoms with Crippen molar-refractivity contribution in [1.82, 2.24) is 15.6 Å². The zero-order valence-corrected chi connectivity index (χ0v) is 12.8. The molecule has 1 aromatic rings. The van der Waals surface area contributed by atoms with E-state index < -0.39 is 6.10 Å². The molecule has 1 atom stereocenters. The molecule has 1 unspecified atom stereocenters. The summed E-state index contributed by atoms with van der Waals surface area (Å²) >= 11 is 1.28. The Labute approximate surface area is 127 Å². The number of carbonyl (C=O) groups excluding carboxylic acids is 1. The molecule has 1 aliphatic heterocycles. The van der Waals surface area contributed by atoms with Gasteiger partial charge in [0.15, 0.2) is 5.13 Å². The van der Waals surface area contributed by atoms with Crippen molar-refractivity contribution in [3.05, 3.63) is 4.88 Å². The van der Waals surface area contributed by atoms with E-state index in [1.54, 1.807) is 0 Å². The average molecular weight is 315 g/mol. The van der Waals surface area contributed by atoms with Crippen molar-refractivity contribution >= 4 is 28.2 Å². The second kappa shape index (κ2) is 7.55. The normalized spacial score (nSPS) is 16.8. The van der Waals surface area contributed by atoms with Gasteiger partial charge in [-0.15, -0.1) is 0 Å². The van der Waals surface area contributed by atoms with Crippen LogP contribution in [0.15, 0.2) is 0 Å². The lowest BCUT2D eigenvalue weighted by molar-refractivity contribution is 0.0611. The summed E-state index contributed by atoms with van der Waals surface area (Å²) in [4.78, 5) is 18.8. The topological polar surface area (TPSA) is 113 Å². The number of thiazole rings is 1. The molecule has 9 heteroatoms. The molecule has 0 radical (unpaired) electrons. The number of nitrogens with two attached hydrogens (primary N) is 1. The summed E-state index contributed by atoms with van der Waals surface area (Å²) in [7, 11) is 1.49. The highest BCUT2D eigenvalue weighted by Crippen LogP contribution is 2.28. The fourth-order valence-corrected chi connectivity index (χ4v) is 2.97. The molecule has 0 aliphatic carbocycles.